The van der Waals surface area contributed by atoms with Gasteiger partial charge >= 0.3 is 6.18 Å². The molecule has 1 N–H and O–H groups in total. The van der Waals surface area contributed by atoms with Gasteiger partial charge in [0, 0.05) is 18.7 Å². The Morgan fingerprint density at radius 3 is 2.30 bits per heavy atom. The molecule has 1 fully saturated rings. The highest BCUT2D eigenvalue weighted by atomic mass is 19.4. The molecule has 0 radical (unpaired) electrons. The molecular weight excluding hydrogens is 269 g/mol. The molecule has 0 saturated carbocycles. The van der Waals surface area contributed by atoms with E-state index in [2.05, 4.69) is 19.2 Å². The molecular formula is C14H27F3N2O. The molecule has 0 aromatic rings. The lowest BCUT2D eigenvalue weighted by Gasteiger charge is -2.35. The van der Waals surface area contributed by atoms with Crippen LogP contribution in [0.5, 0.6) is 0 Å². The lowest BCUT2D eigenvalue weighted by molar-refractivity contribution is -0.148. The average molecular weight is 296 g/mol. The van der Waals surface area contributed by atoms with Crippen LogP contribution in [0.25, 0.3) is 0 Å². The SMILES string of the molecule is CCOCC(NC1CCN(CC(F)(F)F)CC1)C(C)C. The third kappa shape index (κ3) is 6.90. The normalized spacial score (nSPS) is 20.6. The number of nitrogens with one attached hydrogen (secondary N) is 1. The summed E-state index contributed by atoms with van der Waals surface area (Å²) in [7, 11) is 0. The van der Waals surface area contributed by atoms with Gasteiger partial charge in [-0.05, 0) is 38.8 Å². The van der Waals surface area contributed by atoms with Gasteiger partial charge < -0.3 is 10.1 Å². The Bertz CT molecular complexity index is 264. The molecule has 1 rings (SSSR count). The van der Waals surface area contributed by atoms with Crippen LogP contribution in [-0.4, -0.2) is 56.0 Å². The van der Waals surface area contributed by atoms with Crippen molar-refractivity contribution in [1.29, 1.82) is 0 Å². The van der Waals surface area contributed by atoms with Crippen molar-refractivity contribution in [2.75, 3.05) is 32.8 Å². The van der Waals surface area contributed by atoms with Gasteiger partial charge in [0.2, 0.25) is 0 Å². The number of likely N-dealkylation sites (tertiary alicyclic amines) is 1. The molecule has 0 bridgehead atoms. The van der Waals surface area contributed by atoms with Gasteiger partial charge in [-0.2, -0.15) is 13.2 Å². The highest BCUT2D eigenvalue weighted by molar-refractivity contribution is 4.82. The van der Waals surface area contributed by atoms with Crippen molar-refractivity contribution in [3.05, 3.63) is 0 Å². The Balaban J connectivity index is 2.33. The third-order valence-electron chi connectivity index (χ3n) is 3.75. The number of rotatable bonds is 7. The van der Waals surface area contributed by atoms with Crippen LogP contribution in [0.2, 0.25) is 0 Å². The van der Waals surface area contributed by atoms with Crippen molar-refractivity contribution in [3.8, 4) is 0 Å². The molecule has 0 aromatic heterocycles. The Morgan fingerprint density at radius 2 is 1.85 bits per heavy atom. The molecule has 1 aliphatic rings. The fraction of sp³-hybridized carbons (Fsp3) is 1.00. The average Bonchev–Trinajstić information content (AvgIpc) is 2.34. The van der Waals surface area contributed by atoms with Crippen LogP contribution in [0.1, 0.15) is 33.6 Å². The van der Waals surface area contributed by atoms with Gasteiger partial charge in [0.1, 0.15) is 0 Å². The van der Waals surface area contributed by atoms with Gasteiger partial charge in [-0.25, -0.2) is 0 Å². The molecule has 1 saturated heterocycles. The minimum absolute atomic E-state index is 0.272. The number of halogens is 3. The van der Waals surface area contributed by atoms with E-state index in [-0.39, 0.29) is 6.04 Å². The minimum atomic E-state index is -4.09. The molecule has 1 atom stereocenters. The largest absolute Gasteiger partial charge is 0.401 e. The van der Waals surface area contributed by atoms with Crippen LogP contribution in [0.4, 0.5) is 13.2 Å². The second-order valence-corrected chi connectivity index (χ2v) is 5.84. The van der Waals surface area contributed by atoms with Crippen molar-refractivity contribution in [3.63, 3.8) is 0 Å². The van der Waals surface area contributed by atoms with Crippen LogP contribution >= 0.6 is 0 Å². The van der Waals surface area contributed by atoms with E-state index < -0.39 is 12.7 Å². The first-order valence-corrected chi connectivity index (χ1v) is 7.44. The van der Waals surface area contributed by atoms with E-state index in [4.69, 9.17) is 4.74 Å². The first-order chi connectivity index (χ1) is 9.31. The molecule has 20 heavy (non-hydrogen) atoms. The van der Waals surface area contributed by atoms with Gasteiger partial charge in [-0.1, -0.05) is 13.8 Å². The van der Waals surface area contributed by atoms with Gasteiger partial charge in [0.05, 0.1) is 13.2 Å². The zero-order valence-corrected chi connectivity index (χ0v) is 12.7. The van der Waals surface area contributed by atoms with E-state index in [1.54, 1.807) is 0 Å². The van der Waals surface area contributed by atoms with Crippen molar-refractivity contribution in [2.45, 2.75) is 51.9 Å². The molecule has 120 valence electrons. The number of hydrogen-bond donors (Lipinski definition) is 1. The maximum atomic E-state index is 12.3. The summed E-state index contributed by atoms with van der Waals surface area (Å²) in [5.74, 6) is 0.453. The molecule has 6 heteroatoms. The fourth-order valence-corrected chi connectivity index (χ4v) is 2.49. The Kier molecular flexibility index (Phi) is 7.26. The second kappa shape index (κ2) is 8.20. The van der Waals surface area contributed by atoms with Gasteiger partial charge in [-0.3, -0.25) is 4.90 Å². The van der Waals surface area contributed by atoms with E-state index in [1.807, 2.05) is 6.92 Å². The minimum Gasteiger partial charge on any atom is -0.380 e. The van der Waals surface area contributed by atoms with Gasteiger partial charge in [0.25, 0.3) is 0 Å². The molecule has 1 unspecified atom stereocenters. The van der Waals surface area contributed by atoms with Gasteiger partial charge in [0.15, 0.2) is 0 Å². The van der Waals surface area contributed by atoms with Gasteiger partial charge in [-0.15, -0.1) is 0 Å². The van der Waals surface area contributed by atoms with Crippen molar-refractivity contribution < 1.29 is 17.9 Å². The van der Waals surface area contributed by atoms with Crippen LogP contribution < -0.4 is 5.32 Å². The van der Waals surface area contributed by atoms with Crippen LogP contribution in [-0.2, 0) is 4.74 Å². The smallest absolute Gasteiger partial charge is 0.380 e. The predicted molar refractivity (Wildman–Crippen MR) is 73.8 cm³/mol. The fourth-order valence-electron chi connectivity index (χ4n) is 2.49. The van der Waals surface area contributed by atoms with Crippen LogP contribution in [0, 0.1) is 5.92 Å². The van der Waals surface area contributed by atoms with Crippen molar-refractivity contribution >= 4 is 0 Å². The zero-order valence-electron chi connectivity index (χ0n) is 12.7. The van der Waals surface area contributed by atoms with Crippen molar-refractivity contribution in [1.82, 2.24) is 10.2 Å². The summed E-state index contributed by atoms with van der Waals surface area (Å²) in [6.45, 7) is 7.82. The molecule has 1 heterocycles. The Hall–Kier alpha value is -0.330. The standard InChI is InChI=1S/C14H27F3N2O/c1-4-20-9-13(11(2)3)18-12-5-7-19(8-6-12)10-14(15,16)17/h11-13,18H,4-10H2,1-3H3. The summed E-state index contributed by atoms with van der Waals surface area (Å²) in [5, 5.41) is 3.54. The van der Waals surface area contributed by atoms with Crippen LogP contribution in [0.15, 0.2) is 0 Å². The van der Waals surface area contributed by atoms with Crippen molar-refractivity contribution in [2.24, 2.45) is 5.92 Å². The highest BCUT2D eigenvalue weighted by Crippen LogP contribution is 2.20. The van der Waals surface area contributed by atoms with E-state index >= 15 is 0 Å². The highest BCUT2D eigenvalue weighted by Gasteiger charge is 2.32. The van der Waals surface area contributed by atoms with E-state index in [0.717, 1.165) is 12.8 Å². The molecule has 3 nitrogen and oxygen atoms in total. The summed E-state index contributed by atoms with van der Waals surface area (Å²) in [6, 6.07) is 0.571. The number of ether oxygens (including phenoxy) is 1. The first-order valence-electron chi connectivity index (χ1n) is 7.44. The van der Waals surface area contributed by atoms with E-state index in [9.17, 15) is 13.2 Å². The van der Waals surface area contributed by atoms with Crippen LogP contribution in [0.3, 0.4) is 0 Å². The predicted octanol–water partition coefficient (Wildman–Crippen LogP) is 2.66. The molecule has 0 aromatic carbocycles. The summed E-state index contributed by atoms with van der Waals surface area (Å²) < 4.78 is 42.4. The molecule has 1 aliphatic heterocycles. The summed E-state index contributed by atoms with van der Waals surface area (Å²) in [6.07, 6.45) is -2.55. The first kappa shape index (κ1) is 17.7. The monoisotopic (exact) mass is 296 g/mol. The molecule has 0 spiro atoms. The maximum absolute atomic E-state index is 12.3. The quantitative estimate of drug-likeness (QED) is 0.782. The molecule has 0 aliphatic carbocycles. The number of hydrogen-bond acceptors (Lipinski definition) is 3. The Morgan fingerprint density at radius 1 is 1.25 bits per heavy atom. The number of alkyl halides is 3. The zero-order chi connectivity index (χ0) is 15.2. The lowest BCUT2D eigenvalue weighted by Crippen LogP contribution is -2.50. The second-order valence-electron chi connectivity index (χ2n) is 5.84. The number of nitrogens with zero attached hydrogens (tertiary/aromatic N) is 1. The summed E-state index contributed by atoms with van der Waals surface area (Å²) in [4.78, 5) is 1.49. The lowest BCUT2D eigenvalue weighted by atomic mass is 9.99. The summed E-state index contributed by atoms with van der Waals surface area (Å²) >= 11 is 0. The Labute approximate surface area is 119 Å². The number of piperidine rings is 1. The maximum Gasteiger partial charge on any atom is 0.401 e. The van der Waals surface area contributed by atoms with E-state index in [0.29, 0.717) is 38.3 Å². The topological polar surface area (TPSA) is 24.5 Å². The third-order valence-corrected chi connectivity index (χ3v) is 3.75. The summed E-state index contributed by atoms with van der Waals surface area (Å²) in [5.41, 5.74) is 0. The van der Waals surface area contributed by atoms with E-state index in [1.165, 1.54) is 4.90 Å². The molecule has 0 amide bonds.